The number of hydrogen-bond acceptors (Lipinski definition) is 3. The molecule has 1 aromatic heterocycles. The molecule has 4 aromatic rings. The minimum Gasteiger partial charge on any atom is -0.268 e. The van der Waals surface area contributed by atoms with Crippen LogP contribution in [0.25, 0.3) is 16.6 Å². The Balaban J connectivity index is 1.85. The topological polar surface area (TPSA) is 34.9 Å². The fourth-order valence-electron chi connectivity index (χ4n) is 2.83. The minimum atomic E-state index is -0.631. The molecule has 0 aliphatic heterocycles. The summed E-state index contributed by atoms with van der Waals surface area (Å²) in [5.41, 5.74) is 0.778. The van der Waals surface area contributed by atoms with E-state index in [-0.39, 0.29) is 16.9 Å². The van der Waals surface area contributed by atoms with Crippen molar-refractivity contribution in [2.24, 2.45) is 0 Å². The summed E-state index contributed by atoms with van der Waals surface area (Å²) in [6.07, 6.45) is 0. The zero-order valence-corrected chi connectivity index (χ0v) is 16.0. The van der Waals surface area contributed by atoms with E-state index < -0.39 is 11.6 Å². The lowest BCUT2D eigenvalue weighted by Crippen LogP contribution is -2.21. The summed E-state index contributed by atoms with van der Waals surface area (Å²) in [5, 5.41) is 1.33. The molecule has 0 amide bonds. The number of nitrogens with zero attached hydrogens (tertiary/aromatic N) is 2. The number of rotatable bonds is 4. The van der Waals surface area contributed by atoms with Crippen LogP contribution in [0.1, 0.15) is 5.56 Å². The Hall–Kier alpha value is -2.70. The monoisotopic (exact) mass is 414 g/mol. The molecule has 0 radical (unpaired) electrons. The standard InChI is InChI=1S/C21H13ClF2N2OS/c22-13-8-10-14(11-9-13)26-20(27)15-4-1-2-7-19(15)25-21(26)28-12-16-17(23)5-3-6-18(16)24/h1-11H,12H2. The lowest BCUT2D eigenvalue weighted by atomic mass is 10.2. The van der Waals surface area contributed by atoms with Gasteiger partial charge in [-0.15, -0.1) is 0 Å². The van der Waals surface area contributed by atoms with Gasteiger partial charge in [0, 0.05) is 16.3 Å². The SMILES string of the molecule is O=c1c2ccccc2nc(SCc2c(F)cccc2F)n1-c1ccc(Cl)cc1. The quantitative estimate of drug-likeness (QED) is 0.321. The van der Waals surface area contributed by atoms with Gasteiger partial charge in [0.25, 0.3) is 5.56 Å². The normalized spacial score (nSPS) is 11.1. The lowest BCUT2D eigenvalue weighted by molar-refractivity contribution is 0.566. The van der Waals surface area contributed by atoms with Gasteiger partial charge in [0.15, 0.2) is 5.16 Å². The van der Waals surface area contributed by atoms with Crippen LogP contribution < -0.4 is 5.56 Å². The van der Waals surface area contributed by atoms with Gasteiger partial charge in [-0.05, 0) is 48.5 Å². The number of hydrogen-bond donors (Lipinski definition) is 0. The fourth-order valence-corrected chi connectivity index (χ4v) is 3.99. The van der Waals surface area contributed by atoms with Crippen LogP contribution in [0.5, 0.6) is 0 Å². The fraction of sp³-hybridized carbons (Fsp3) is 0.0476. The van der Waals surface area contributed by atoms with Gasteiger partial charge in [-0.25, -0.2) is 13.8 Å². The van der Waals surface area contributed by atoms with Gasteiger partial charge in [0.2, 0.25) is 0 Å². The first-order valence-corrected chi connectivity index (χ1v) is 9.74. The highest BCUT2D eigenvalue weighted by molar-refractivity contribution is 7.98. The van der Waals surface area contributed by atoms with Crippen molar-refractivity contribution < 1.29 is 8.78 Å². The highest BCUT2D eigenvalue weighted by atomic mass is 35.5. The largest absolute Gasteiger partial charge is 0.268 e. The summed E-state index contributed by atoms with van der Waals surface area (Å²) in [6, 6.07) is 17.5. The Morgan fingerprint density at radius 3 is 2.32 bits per heavy atom. The van der Waals surface area contributed by atoms with E-state index in [0.717, 1.165) is 11.8 Å². The minimum absolute atomic E-state index is 0.00310. The van der Waals surface area contributed by atoms with Crippen molar-refractivity contribution in [1.82, 2.24) is 9.55 Å². The summed E-state index contributed by atoms with van der Waals surface area (Å²) in [6.45, 7) is 0. The second-order valence-corrected chi connectivity index (χ2v) is 7.40. The Labute approximate surface area is 168 Å². The molecule has 140 valence electrons. The molecule has 7 heteroatoms. The van der Waals surface area contributed by atoms with Gasteiger partial charge in [-0.1, -0.05) is 41.6 Å². The molecule has 0 N–H and O–H groups in total. The van der Waals surface area contributed by atoms with Crippen LogP contribution in [-0.2, 0) is 5.75 Å². The van der Waals surface area contributed by atoms with Crippen molar-refractivity contribution in [3.8, 4) is 5.69 Å². The molecule has 0 spiro atoms. The van der Waals surface area contributed by atoms with Crippen LogP contribution in [0.15, 0.2) is 76.7 Å². The van der Waals surface area contributed by atoms with Gasteiger partial charge < -0.3 is 0 Å². The summed E-state index contributed by atoms with van der Waals surface area (Å²) in [4.78, 5) is 17.7. The first kappa shape index (κ1) is 18.7. The zero-order valence-electron chi connectivity index (χ0n) is 14.4. The average molecular weight is 415 g/mol. The van der Waals surface area contributed by atoms with E-state index >= 15 is 0 Å². The molecule has 0 saturated heterocycles. The molecule has 0 saturated carbocycles. The summed E-state index contributed by atoms with van der Waals surface area (Å²) < 4.78 is 29.4. The van der Waals surface area contributed by atoms with Crippen molar-refractivity contribution in [2.75, 3.05) is 0 Å². The van der Waals surface area contributed by atoms with E-state index in [2.05, 4.69) is 4.98 Å². The summed E-state index contributed by atoms with van der Waals surface area (Å²) in [7, 11) is 0. The highest BCUT2D eigenvalue weighted by Gasteiger charge is 2.16. The van der Waals surface area contributed by atoms with E-state index in [4.69, 9.17) is 11.6 Å². The molecule has 28 heavy (non-hydrogen) atoms. The number of fused-ring (bicyclic) bond motifs is 1. The Morgan fingerprint density at radius 1 is 0.929 bits per heavy atom. The third-order valence-corrected chi connectivity index (χ3v) is 5.45. The number of aromatic nitrogens is 2. The number of benzene rings is 3. The Kier molecular flexibility index (Phi) is 5.15. The maximum atomic E-state index is 14.0. The van der Waals surface area contributed by atoms with Crippen LogP contribution >= 0.6 is 23.4 Å². The molecule has 3 aromatic carbocycles. The predicted octanol–water partition coefficient (Wildman–Crippen LogP) is 5.61. The van der Waals surface area contributed by atoms with Gasteiger partial charge >= 0.3 is 0 Å². The van der Waals surface area contributed by atoms with E-state index in [1.165, 1.54) is 22.8 Å². The number of para-hydroxylation sites is 1. The first-order valence-electron chi connectivity index (χ1n) is 8.38. The Bertz CT molecular complexity index is 1210. The van der Waals surface area contributed by atoms with Crippen molar-refractivity contribution in [2.45, 2.75) is 10.9 Å². The second-order valence-electron chi connectivity index (χ2n) is 6.02. The van der Waals surface area contributed by atoms with Crippen molar-refractivity contribution >= 4 is 34.3 Å². The van der Waals surface area contributed by atoms with E-state index in [0.29, 0.717) is 26.8 Å². The molecular formula is C21H13ClF2N2OS. The molecule has 0 bridgehead atoms. The zero-order chi connectivity index (χ0) is 19.7. The maximum Gasteiger partial charge on any atom is 0.266 e. The van der Waals surface area contributed by atoms with Crippen molar-refractivity contribution in [3.63, 3.8) is 0 Å². The predicted molar refractivity (Wildman–Crippen MR) is 108 cm³/mol. The molecular weight excluding hydrogens is 402 g/mol. The summed E-state index contributed by atoms with van der Waals surface area (Å²) in [5.74, 6) is -1.26. The van der Waals surface area contributed by atoms with Crippen LogP contribution in [0.4, 0.5) is 8.78 Å². The van der Waals surface area contributed by atoms with Crippen LogP contribution in [0.3, 0.4) is 0 Å². The highest BCUT2D eigenvalue weighted by Crippen LogP contribution is 2.27. The molecule has 0 aliphatic rings. The van der Waals surface area contributed by atoms with Crippen molar-refractivity contribution in [3.05, 3.63) is 99.3 Å². The van der Waals surface area contributed by atoms with Gasteiger partial charge in [-0.3, -0.25) is 9.36 Å². The number of thioether (sulfide) groups is 1. The van der Waals surface area contributed by atoms with Gasteiger partial charge in [0.05, 0.1) is 16.6 Å². The van der Waals surface area contributed by atoms with Crippen LogP contribution in [0, 0.1) is 11.6 Å². The molecule has 0 unspecified atom stereocenters. The third kappa shape index (κ3) is 3.53. The van der Waals surface area contributed by atoms with Gasteiger partial charge in [-0.2, -0.15) is 0 Å². The Morgan fingerprint density at radius 2 is 1.61 bits per heavy atom. The molecule has 0 aliphatic carbocycles. The molecule has 4 rings (SSSR count). The lowest BCUT2D eigenvalue weighted by Gasteiger charge is -2.13. The number of halogens is 3. The van der Waals surface area contributed by atoms with E-state index in [1.807, 2.05) is 0 Å². The van der Waals surface area contributed by atoms with Crippen LogP contribution in [-0.4, -0.2) is 9.55 Å². The summed E-state index contributed by atoms with van der Waals surface area (Å²) >= 11 is 7.05. The smallest absolute Gasteiger partial charge is 0.266 e. The molecule has 0 fully saturated rings. The van der Waals surface area contributed by atoms with Gasteiger partial charge in [0.1, 0.15) is 11.6 Å². The van der Waals surface area contributed by atoms with E-state index in [9.17, 15) is 13.6 Å². The third-order valence-electron chi connectivity index (χ3n) is 4.24. The maximum absolute atomic E-state index is 14.0. The van der Waals surface area contributed by atoms with Crippen molar-refractivity contribution in [1.29, 1.82) is 0 Å². The first-order chi connectivity index (χ1) is 13.5. The average Bonchev–Trinajstić information content (AvgIpc) is 2.69. The molecule has 3 nitrogen and oxygen atoms in total. The van der Waals surface area contributed by atoms with E-state index in [1.54, 1.807) is 48.5 Å². The van der Waals surface area contributed by atoms with Crippen LogP contribution in [0.2, 0.25) is 5.02 Å². The second kappa shape index (κ2) is 7.73. The molecule has 1 heterocycles. The molecule has 0 atom stereocenters.